The van der Waals surface area contributed by atoms with Gasteiger partial charge in [0.2, 0.25) is 0 Å². The maximum Gasteiger partial charge on any atom is 0.253 e. The molecular weight excluding hydrogens is 313 g/mol. The van der Waals surface area contributed by atoms with Crippen molar-refractivity contribution in [3.8, 4) is 0 Å². The SMILES string of the molecule is CSc1ccc(CNC(=O)c2ccc(Cl)cc2Cl)cc1. The minimum absolute atomic E-state index is 0.208. The number of nitrogens with one attached hydrogen (secondary N) is 1. The van der Waals surface area contributed by atoms with E-state index in [0.29, 0.717) is 22.2 Å². The van der Waals surface area contributed by atoms with E-state index in [1.807, 2.05) is 30.5 Å². The van der Waals surface area contributed by atoms with Gasteiger partial charge in [-0.25, -0.2) is 0 Å². The summed E-state index contributed by atoms with van der Waals surface area (Å²) >= 11 is 13.5. The van der Waals surface area contributed by atoms with Crippen LogP contribution in [0.1, 0.15) is 15.9 Å². The molecular formula is C15H13Cl2NOS. The van der Waals surface area contributed by atoms with Crippen LogP contribution >= 0.6 is 35.0 Å². The number of hydrogen-bond acceptors (Lipinski definition) is 2. The number of rotatable bonds is 4. The molecule has 0 fully saturated rings. The van der Waals surface area contributed by atoms with E-state index in [-0.39, 0.29) is 5.91 Å². The first-order valence-corrected chi connectivity index (χ1v) is 7.94. The fourth-order valence-corrected chi connectivity index (χ4v) is 2.60. The van der Waals surface area contributed by atoms with E-state index in [0.717, 1.165) is 5.56 Å². The van der Waals surface area contributed by atoms with Gasteiger partial charge in [-0.1, -0.05) is 35.3 Å². The maximum absolute atomic E-state index is 12.0. The van der Waals surface area contributed by atoms with E-state index in [1.54, 1.807) is 30.0 Å². The van der Waals surface area contributed by atoms with E-state index in [9.17, 15) is 4.79 Å². The molecule has 0 unspecified atom stereocenters. The summed E-state index contributed by atoms with van der Waals surface area (Å²) in [5, 5.41) is 3.71. The van der Waals surface area contributed by atoms with Crippen molar-refractivity contribution in [2.24, 2.45) is 0 Å². The lowest BCUT2D eigenvalue weighted by atomic mass is 10.2. The summed E-state index contributed by atoms with van der Waals surface area (Å²) in [7, 11) is 0. The first-order chi connectivity index (χ1) is 9.60. The normalized spacial score (nSPS) is 10.3. The second kappa shape index (κ2) is 7.02. The Morgan fingerprint density at radius 2 is 1.85 bits per heavy atom. The molecule has 104 valence electrons. The van der Waals surface area contributed by atoms with Gasteiger partial charge in [0.05, 0.1) is 10.6 Å². The average Bonchev–Trinajstić information content (AvgIpc) is 2.45. The summed E-state index contributed by atoms with van der Waals surface area (Å²) in [5.74, 6) is -0.208. The summed E-state index contributed by atoms with van der Waals surface area (Å²) in [4.78, 5) is 13.2. The van der Waals surface area contributed by atoms with E-state index in [4.69, 9.17) is 23.2 Å². The first-order valence-electron chi connectivity index (χ1n) is 5.96. The van der Waals surface area contributed by atoms with Crippen LogP contribution in [0.2, 0.25) is 10.0 Å². The lowest BCUT2D eigenvalue weighted by Crippen LogP contribution is -2.23. The largest absolute Gasteiger partial charge is 0.348 e. The molecule has 0 aliphatic rings. The first kappa shape index (κ1) is 15.2. The van der Waals surface area contributed by atoms with Gasteiger partial charge in [0.15, 0.2) is 0 Å². The van der Waals surface area contributed by atoms with Crippen LogP contribution in [0.5, 0.6) is 0 Å². The van der Waals surface area contributed by atoms with Crippen LogP contribution in [0.3, 0.4) is 0 Å². The summed E-state index contributed by atoms with van der Waals surface area (Å²) < 4.78 is 0. The van der Waals surface area contributed by atoms with Gasteiger partial charge in [-0.05, 0) is 42.2 Å². The molecule has 0 aliphatic heterocycles. The number of halogens is 2. The van der Waals surface area contributed by atoms with Gasteiger partial charge in [-0.15, -0.1) is 11.8 Å². The molecule has 0 atom stereocenters. The number of carbonyl (C=O) groups is 1. The van der Waals surface area contributed by atoms with Crippen LogP contribution in [-0.2, 0) is 6.54 Å². The molecule has 5 heteroatoms. The molecule has 2 aromatic rings. The zero-order valence-corrected chi connectivity index (χ0v) is 13.1. The minimum Gasteiger partial charge on any atom is -0.348 e. The molecule has 0 radical (unpaired) electrons. The van der Waals surface area contributed by atoms with Crippen molar-refractivity contribution in [3.05, 3.63) is 63.6 Å². The van der Waals surface area contributed by atoms with Gasteiger partial charge < -0.3 is 5.32 Å². The fourth-order valence-electron chi connectivity index (χ4n) is 1.69. The third-order valence-corrected chi connectivity index (χ3v) is 4.08. The molecule has 2 aromatic carbocycles. The number of hydrogen-bond donors (Lipinski definition) is 1. The molecule has 0 saturated carbocycles. The van der Waals surface area contributed by atoms with E-state index in [2.05, 4.69) is 5.32 Å². The summed E-state index contributed by atoms with van der Waals surface area (Å²) in [6.07, 6.45) is 2.03. The Labute approximate surface area is 132 Å². The van der Waals surface area contributed by atoms with Crippen LogP contribution < -0.4 is 5.32 Å². The zero-order chi connectivity index (χ0) is 14.5. The lowest BCUT2D eigenvalue weighted by molar-refractivity contribution is 0.0951. The topological polar surface area (TPSA) is 29.1 Å². The summed E-state index contributed by atoms with van der Waals surface area (Å²) in [6, 6.07) is 12.9. The standard InChI is InChI=1S/C15H13Cl2NOS/c1-20-12-5-2-10(3-6-12)9-18-15(19)13-7-4-11(16)8-14(13)17/h2-8H,9H2,1H3,(H,18,19). The fraction of sp³-hybridized carbons (Fsp3) is 0.133. The highest BCUT2D eigenvalue weighted by Crippen LogP contribution is 2.21. The molecule has 2 nitrogen and oxygen atoms in total. The molecule has 2 rings (SSSR count). The maximum atomic E-state index is 12.0. The van der Waals surface area contributed by atoms with E-state index >= 15 is 0 Å². The van der Waals surface area contributed by atoms with Crippen LogP contribution in [0.15, 0.2) is 47.4 Å². The van der Waals surface area contributed by atoms with E-state index < -0.39 is 0 Å². The number of carbonyl (C=O) groups excluding carboxylic acids is 1. The third kappa shape index (κ3) is 3.92. The Morgan fingerprint density at radius 1 is 1.15 bits per heavy atom. The predicted octanol–water partition coefficient (Wildman–Crippen LogP) is 4.65. The van der Waals surface area contributed by atoms with Crippen molar-refractivity contribution in [2.75, 3.05) is 6.26 Å². The van der Waals surface area contributed by atoms with Crippen molar-refractivity contribution >= 4 is 40.9 Å². The second-order valence-electron chi connectivity index (χ2n) is 4.15. The van der Waals surface area contributed by atoms with Gasteiger partial charge in [0, 0.05) is 16.5 Å². The van der Waals surface area contributed by atoms with Gasteiger partial charge in [-0.2, -0.15) is 0 Å². The Morgan fingerprint density at radius 3 is 2.45 bits per heavy atom. The molecule has 0 bridgehead atoms. The lowest BCUT2D eigenvalue weighted by Gasteiger charge is -2.07. The number of amides is 1. The van der Waals surface area contributed by atoms with Crippen LogP contribution in [-0.4, -0.2) is 12.2 Å². The second-order valence-corrected chi connectivity index (χ2v) is 5.88. The third-order valence-electron chi connectivity index (χ3n) is 2.79. The Kier molecular flexibility index (Phi) is 5.35. The number of thioether (sulfide) groups is 1. The molecule has 20 heavy (non-hydrogen) atoms. The Hall–Kier alpha value is -1.16. The van der Waals surface area contributed by atoms with Crippen LogP contribution in [0, 0.1) is 0 Å². The molecule has 0 heterocycles. The highest BCUT2D eigenvalue weighted by atomic mass is 35.5. The van der Waals surface area contributed by atoms with Crippen molar-refractivity contribution in [1.82, 2.24) is 5.32 Å². The van der Waals surface area contributed by atoms with Crippen molar-refractivity contribution < 1.29 is 4.79 Å². The van der Waals surface area contributed by atoms with Crippen molar-refractivity contribution in [3.63, 3.8) is 0 Å². The van der Waals surface area contributed by atoms with Crippen molar-refractivity contribution in [1.29, 1.82) is 0 Å². The van der Waals surface area contributed by atoms with E-state index in [1.165, 1.54) is 4.90 Å². The predicted molar refractivity (Wildman–Crippen MR) is 85.9 cm³/mol. The number of benzene rings is 2. The van der Waals surface area contributed by atoms with Gasteiger partial charge in [0.25, 0.3) is 5.91 Å². The molecule has 0 spiro atoms. The quantitative estimate of drug-likeness (QED) is 0.829. The summed E-state index contributed by atoms with van der Waals surface area (Å²) in [6.45, 7) is 0.465. The zero-order valence-electron chi connectivity index (χ0n) is 10.8. The van der Waals surface area contributed by atoms with Crippen LogP contribution in [0.4, 0.5) is 0 Å². The molecule has 1 amide bonds. The van der Waals surface area contributed by atoms with Gasteiger partial charge in [0.1, 0.15) is 0 Å². The van der Waals surface area contributed by atoms with Gasteiger partial charge >= 0.3 is 0 Å². The summed E-state index contributed by atoms with van der Waals surface area (Å²) in [5.41, 5.74) is 1.47. The minimum atomic E-state index is -0.208. The van der Waals surface area contributed by atoms with Crippen molar-refractivity contribution in [2.45, 2.75) is 11.4 Å². The molecule has 0 aliphatic carbocycles. The van der Waals surface area contributed by atoms with Gasteiger partial charge in [-0.3, -0.25) is 4.79 Å². The monoisotopic (exact) mass is 325 g/mol. The van der Waals surface area contributed by atoms with Crippen LogP contribution in [0.25, 0.3) is 0 Å². The molecule has 1 N–H and O–H groups in total. The highest BCUT2D eigenvalue weighted by Gasteiger charge is 2.10. The smallest absolute Gasteiger partial charge is 0.253 e. The molecule has 0 saturated heterocycles. The highest BCUT2D eigenvalue weighted by molar-refractivity contribution is 7.98. The Bertz CT molecular complexity index is 614. The molecule has 0 aromatic heterocycles. The Balaban J connectivity index is 2.00. The average molecular weight is 326 g/mol.